The molecule has 0 spiro atoms. The predicted molar refractivity (Wildman–Crippen MR) is 133 cm³/mol. The molecule has 4 rings (SSSR count). The van der Waals surface area contributed by atoms with Crippen LogP contribution >= 0.6 is 11.3 Å². The van der Waals surface area contributed by atoms with Crippen molar-refractivity contribution in [2.24, 2.45) is 0 Å². The summed E-state index contributed by atoms with van der Waals surface area (Å²) in [6.45, 7) is 6.11. The normalized spacial score (nSPS) is 16.9. The van der Waals surface area contributed by atoms with Gasteiger partial charge < -0.3 is 14.5 Å². The molecule has 2 fully saturated rings. The van der Waals surface area contributed by atoms with Crippen molar-refractivity contribution in [3.63, 3.8) is 0 Å². The zero-order valence-corrected chi connectivity index (χ0v) is 20.8. The molecule has 2 saturated heterocycles. The second-order valence-corrected chi connectivity index (χ2v) is 9.52. The summed E-state index contributed by atoms with van der Waals surface area (Å²) >= 11 is 1.52. The summed E-state index contributed by atoms with van der Waals surface area (Å²) < 4.78 is 5.00. The van der Waals surface area contributed by atoms with E-state index in [1.54, 1.807) is 16.7 Å². The number of piperazine rings is 1. The molecule has 0 bridgehead atoms. The first-order valence-electron chi connectivity index (χ1n) is 12.0. The van der Waals surface area contributed by atoms with Crippen molar-refractivity contribution in [1.29, 1.82) is 0 Å². The molecule has 0 atom stereocenters. The summed E-state index contributed by atoms with van der Waals surface area (Å²) in [5, 5.41) is 2.79. The Morgan fingerprint density at radius 1 is 1.03 bits per heavy atom. The highest BCUT2D eigenvalue weighted by molar-refractivity contribution is 7.09. The first-order chi connectivity index (χ1) is 17.0. The molecule has 0 radical (unpaired) electrons. The Kier molecular flexibility index (Phi) is 8.50. The van der Waals surface area contributed by atoms with Crippen molar-refractivity contribution in [3.05, 3.63) is 52.0 Å². The van der Waals surface area contributed by atoms with E-state index in [2.05, 4.69) is 16.8 Å². The van der Waals surface area contributed by atoms with Crippen LogP contribution in [0.1, 0.15) is 46.7 Å². The van der Waals surface area contributed by atoms with E-state index in [0.717, 1.165) is 23.4 Å². The molecule has 2 aromatic rings. The zero-order chi connectivity index (χ0) is 24.6. The van der Waals surface area contributed by atoms with E-state index in [9.17, 15) is 14.4 Å². The van der Waals surface area contributed by atoms with Crippen LogP contribution in [0, 0.1) is 11.8 Å². The Morgan fingerprint density at radius 2 is 1.74 bits per heavy atom. The van der Waals surface area contributed by atoms with Crippen LogP contribution < -0.4 is 0 Å². The number of hydrogen-bond acceptors (Lipinski definition) is 7. The zero-order valence-electron chi connectivity index (χ0n) is 19.9. The monoisotopic (exact) mass is 494 g/mol. The van der Waals surface area contributed by atoms with Crippen LogP contribution in [0.4, 0.5) is 0 Å². The van der Waals surface area contributed by atoms with Crippen LogP contribution in [0.25, 0.3) is 0 Å². The number of benzene rings is 1. The van der Waals surface area contributed by atoms with E-state index in [0.29, 0.717) is 51.6 Å². The lowest BCUT2D eigenvalue weighted by Gasteiger charge is -2.33. The van der Waals surface area contributed by atoms with Crippen molar-refractivity contribution < 1.29 is 19.1 Å². The number of amides is 2. The average molecular weight is 495 g/mol. The molecule has 0 N–H and O–H groups in total. The SMILES string of the molecule is CCOC(=O)CN1CCN(C(=O)c2csc(C3CCN(C(=O)C#Cc4ccccc4)CC3)n2)CC1. The van der Waals surface area contributed by atoms with Crippen LogP contribution in [0.15, 0.2) is 35.7 Å². The molecule has 1 aromatic heterocycles. The minimum Gasteiger partial charge on any atom is -0.465 e. The smallest absolute Gasteiger partial charge is 0.320 e. The fourth-order valence-corrected chi connectivity index (χ4v) is 5.25. The number of nitrogens with zero attached hydrogens (tertiary/aromatic N) is 4. The lowest BCUT2D eigenvalue weighted by molar-refractivity contribution is -0.144. The topological polar surface area (TPSA) is 83.0 Å². The summed E-state index contributed by atoms with van der Waals surface area (Å²) in [5.41, 5.74) is 1.31. The van der Waals surface area contributed by atoms with Crippen molar-refractivity contribution in [3.8, 4) is 11.8 Å². The highest BCUT2D eigenvalue weighted by Crippen LogP contribution is 2.30. The minimum absolute atomic E-state index is 0.0629. The molecule has 1 aromatic carbocycles. The lowest BCUT2D eigenvalue weighted by Crippen LogP contribution is -2.50. The van der Waals surface area contributed by atoms with Gasteiger partial charge in [0.15, 0.2) is 0 Å². The van der Waals surface area contributed by atoms with E-state index in [4.69, 9.17) is 4.74 Å². The largest absolute Gasteiger partial charge is 0.465 e. The summed E-state index contributed by atoms with van der Waals surface area (Å²) in [6, 6.07) is 9.50. The number of piperidine rings is 1. The van der Waals surface area contributed by atoms with Gasteiger partial charge in [0.25, 0.3) is 11.8 Å². The van der Waals surface area contributed by atoms with Crippen molar-refractivity contribution in [1.82, 2.24) is 19.7 Å². The van der Waals surface area contributed by atoms with E-state index in [-0.39, 0.29) is 30.2 Å². The van der Waals surface area contributed by atoms with Crippen LogP contribution in [-0.2, 0) is 14.3 Å². The highest BCUT2D eigenvalue weighted by Gasteiger charge is 2.28. The summed E-state index contributed by atoms with van der Waals surface area (Å²) in [5.74, 6) is 5.48. The fraction of sp³-hybridized carbons (Fsp3) is 0.462. The number of likely N-dealkylation sites (tertiary alicyclic amines) is 1. The number of esters is 1. The second-order valence-electron chi connectivity index (χ2n) is 8.63. The van der Waals surface area contributed by atoms with Gasteiger partial charge in [0.2, 0.25) is 0 Å². The number of carbonyl (C=O) groups excluding carboxylic acids is 3. The molecule has 0 aliphatic carbocycles. The van der Waals surface area contributed by atoms with Crippen LogP contribution in [0.5, 0.6) is 0 Å². The number of carbonyl (C=O) groups is 3. The minimum atomic E-state index is -0.229. The van der Waals surface area contributed by atoms with E-state index in [1.807, 2.05) is 40.6 Å². The lowest BCUT2D eigenvalue weighted by atomic mass is 9.97. The van der Waals surface area contributed by atoms with Crippen LogP contribution in [0.2, 0.25) is 0 Å². The number of hydrogen-bond donors (Lipinski definition) is 0. The molecular formula is C26H30N4O4S. The van der Waals surface area contributed by atoms with Gasteiger partial charge in [-0.25, -0.2) is 4.98 Å². The Hall–Kier alpha value is -3.22. The molecule has 184 valence electrons. The quantitative estimate of drug-likeness (QED) is 0.468. The molecule has 0 unspecified atom stereocenters. The van der Waals surface area contributed by atoms with Gasteiger partial charge in [-0.2, -0.15) is 0 Å². The van der Waals surface area contributed by atoms with Gasteiger partial charge in [-0.15, -0.1) is 11.3 Å². The van der Waals surface area contributed by atoms with Gasteiger partial charge in [0.05, 0.1) is 18.2 Å². The van der Waals surface area contributed by atoms with E-state index < -0.39 is 0 Å². The van der Waals surface area contributed by atoms with Crippen LogP contribution in [-0.4, -0.2) is 89.9 Å². The second kappa shape index (κ2) is 12.0. The Balaban J connectivity index is 1.25. The third-order valence-corrected chi connectivity index (χ3v) is 7.28. The molecule has 0 saturated carbocycles. The van der Waals surface area contributed by atoms with Gasteiger partial charge in [0.1, 0.15) is 5.69 Å². The molecule has 2 aliphatic rings. The van der Waals surface area contributed by atoms with Crippen molar-refractivity contribution >= 4 is 29.1 Å². The van der Waals surface area contributed by atoms with Crippen molar-refractivity contribution in [2.45, 2.75) is 25.7 Å². The van der Waals surface area contributed by atoms with Gasteiger partial charge in [-0.05, 0) is 31.9 Å². The molecule has 8 nitrogen and oxygen atoms in total. The van der Waals surface area contributed by atoms with Gasteiger partial charge in [-0.1, -0.05) is 24.1 Å². The Bertz CT molecular complexity index is 1090. The third kappa shape index (κ3) is 6.68. The molecule has 3 heterocycles. The van der Waals surface area contributed by atoms with E-state index in [1.165, 1.54) is 11.3 Å². The Labute approximate surface area is 209 Å². The number of aromatic nitrogens is 1. The van der Waals surface area contributed by atoms with Gasteiger partial charge in [0, 0.05) is 62.1 Å². The Morgan fingerprint density at radius 3 is 2.43 bits per heavy atom. The number of thiazole rings is 1. The molecule has 9 heteroatoms. The maximum absolute atomic E-state index is 12.9. The van der Waals surface area contributed by atoms with Crippen molar-refractivity contribution in [2.75, 3.05) is 52.4 Å². The first-order valence-corrected chi connectivity index (χ1v) is 12.9. The maximum atomic E-state index is 12.9. The summed E-state index contributed by atoms with van der Waals surface area (Å²) in [4.78, 5) is 47.3. The average Bonchev–Trinajstić information content (AvgIpc) is 3.38. The third-order valence-electron chi connectivity index (χ3n) is 6.28. The molecule has 2 aliphatic heterocycles. The predicted octanol–water partition coefficient (Wildman–Crippen LogP) is 2.22. The summed E-state index contributed by atoms with van der Waals surface area (Å²) in [6.07, 6.45) is 1.62. The van der Waals surface area contributed by atoms with Gasteiger partial charge >= 0.3 is 5.97 Å². The first kappa shape index (κ1) is 24.9. The molecule has 35 heavy (non-hydrogen) atoms. The van der Waals surface area contributed by atoms with E-state index >= 15 is 0 Å². The number of rotatable bonds is 5. The van der Waals surface area contributed by atoms with Crippen LogP contribution in [0.3, 0.4) is 0 Å². The fourth-order valence-electron chi connectivity index (χ4n) is 4.29. The maximum Gasteiger partial charge on any atom is 0.320 e. The summed E-state index contributed by atoms with van der Waals surface area (Å²) in [7, 11) is 0. The molecule has 2 amide bonds. The highest BCUT2D eigenvalue weighted by atomic mass is 32.1. The molecular weight excluding hydrogens is 464 g/mol. The standard InChI is InChI=1S/C26H30N4O4S/c1-2-34-24(32)18-28-14-16-30(17-15-28)26(33)22-19-35-25(27-22)21-10-12-29(13-11-21)23(31)9-8-20-6-4-3-5-7-20/h3-7,19,21H,2,10-18H2,1H3. The van der Waals surface area contributed by atoms with Gasteiger partial charge in [-0.3, -0.25) is 19.3 Å². The number of ether oxygens (including phenoxy) is 1.